The molecule has 2 aromatic carbocycles. The number of fused-ring (bicyclic) bond motifs is 1. The number of benzene rings is 2. The third kappa shape index (κ3) is 3.27. The van der Waals surface area contributed by atoms with Crippen LogP contribution in [-0.2, 0) is 0 Å². The molecule has 0 radical (unpaired) electrons. The molecule has 0 amide bonds. The van der Waals surface area contributed by atoms with E-state index in [4.69, 9.17) is 10.5 Å². The van der Waals surface area contributed by atoms with Gasteiger partial charge in [-0.2, -0.15) is 0 Å². The highest BCUT2D eigenvalue weighted by atomic mass is 16.5. The molecular weight excluding hydrogens is 350 g/mol. The Kier molecular flexibility index (Phi) is 4.33. The molecule has 5 rings (SSSR count). The number of hydrogen-bond donors (Lipinski definition) is 3. The summed E-state index contributed by atoms with van der Waals surface area (Å²) in [7, 11) is 0. The number of aromatic nitrogens is 2. The van der Waals surface area contributed by atoms with Crippen LogP contribution in [0.5, 0.6) is 11.5 Å². The first-order chi connectivity index (χ1) is 13.8. The number of nitrogens with one attached hydrogen (secondary N) is 2. The smallest absolute Gasteiger partial charge is 0.139 e. The van der Waals surface area contributed by atoms with Crippen molar-refractivity contribution >= 4 is 11.6 Å². The normalized spacial score (nSPS) is 22.5. The first-order valence-corrected chi connectivity index (χ1v) is 9.68. The second kappa shape index (κ2) is 7.13. The van der Waals surface area contributed by atoms with Crippen molar-refractivity contribution in [1.82, 2.24) is 15.3 Å². The maximum absolute atomic E-state index is 6.20. The Morgan fingerprint density at radius 2 is 1.68 bits per heavy atom. The number of anilines is 2. The molecule has 3 atom stereocenters. The molecule has 2 heterocycles. The van der Waals surface area contributed by atoms with E-state index in [2.05, 4.69) is 20.6 Å². The van der Waals surface area contributed by atoms with Crippen molar-refractivity contribution in [2.75, 3.05) is 30.7 Å². The van der Waals surface area contributed by atoms with Gasteiger partial charge in [-0.3, -0.25) is 0 Å². The van der Waals surface area contributed by atoms with E-state index in [0.29, 0.717) is 5.82 Å². The van der Waals surface area contributed by atoms with Gasteiger partial charge < -0.3 is 21.1 Å². The predicted octanol–water partition coefficient (Wildman–Crippen LogP) is 3.40. The minimum Gasteiger partial charge on any atom is -0.457 e. The monoisotopic (exact) mass is 373 g/mol. The van der Waals surface area contributed by atoms with E-state index >= 15 is 0 Å². The highest BCUT2D eigenvalue weighted by Crippen LogP contribution is 2.48. The topological polar surface area (TPSA) is 85.1 Å². The number of rotatable bonds is 6. The van der Waals surface area contributed by atoms with Crippen LogP contribution < -0.4 is 21.1 Å². The highest BCUT2D eigenvalue weighted by Gasteiger charge is 2.52. The van der Waals surface area contributed by atoms with E-state index in [0.717, 1.165) is 65.8 Å². The van der Waals surface area contributed by atoms with Gasteiger partial charge in [0.2, 0.25) is 0 Å². The first-order valence-electron chi connectivity index (χ1n) is 9.68. The maximum Gasteiger partial charge on any atom is 0.139 e. The summed E-state index contributed by atoms with van der Waals surface area (Å²) in [6, 6.07) is 17.6. The van der Waals surface area contributed by atoms with Crippen molar-refractivity contribution in [3.05, 3.63) is 60.9 Å². The molecule has 6 nitrogen and oxygen atoms in total. The van der Waals surface area contributed by atoms with E-state index in [1.165, 1.54) is 6.33 Å². The van der Waals surface area contributed by atoms with Gasteiger partial charge in [-0.1, -0.05) is 30.3 Å². The lowest BCUT2D eigenvalue weighted by atomic mass is 10.1. The number of hydrogen-bond acceptors (Lipinski definition) is 6. The van der Waals surface area contributed by atoms with E-state index in [-0.39, 0.29) is 0 Å². The average molecular weight is 373 g/mol. The Morgan fingerprint density at radius 3 is 2.43 bits per heavy atom. The van der Waals surface area contributed by atoms with E-state index in [9.17, 15) is 0 Å². The van der Waals surface area contributed by atoms with Gasteiger partial charge in [0.1, 0.15) is 29.5 Å². The van der Waals surface area contributed by atoms with Crippen LogP contribution in [0.25, 0.3) is 11.1 Å². The van der Waals surface area contributed by atoms with Crippen molar-refractivity contribution in [2.24, 2.45) is 17.8 Å². The van der Waals surface area contributed by atoms with Gasteiger partial charge in [-0.25, -0.2) is 9.97 Å². The quantitative estimate of drug-likeness (QED) is 0.614. The van der Waals surface area contributed by atoms with Gasteiger partial charge in [-0.05, 0) is 60.7 Å². The maximum atomic E-state index is 6.20. The zero-order chi connectivity index (χ0) is 18.9. The van der Waals surface area contributed by atoms with Crippen LogP contribution in [0.15, 0.2) is 60.9 Å². The summed E-state index contributed by atoms with van der Waals surface area (Å²) in [5.41, 5.74) is 8.01. The number of nitrogens with zero attached hydrogens (tertiary/aromatic N) is 2. The number of ether oxygens (including phenoxy) is 1. The molecule has 1 saturated carbocycles. The number of para-hydroxylation sites is 1. The zero-order valence-electron chi connectivity index (χ0n) is 15.5. The molecule has 1 aliphatic heterocycles. The molecule has 0 bridgehead atoms. The molecule has 28 heavy (non-hydrogen) atoms. The lowest BCUT2D eigenvalue weighted by Gasteiger charge is -2.14. The fourth-order valence-corrected chi connectivity index (χ4v) is 4.20. The number of nitrogens with two attached hydrogens (primary N) is 1. The molecule has 1 saturated heterocycles. The van der Waals surface area contributed by atoms with E-state index in [1.807, 2.05) is 54.6 Å². The molecule has 2 fully saturated rings. The van der Waals surface area contributed by atoms with Gasteiger partial charge >= 0.3 is 0 Å². The molecule has 142 valence electrons. The van der Waals surface area contributed by atoms with Gasteiger partial charge in [0, 0.05) is 6.54 Å². The third-order valence-electron chi connectivity index (χ3n) is 5.77. The standard InChI is InChI=1S/C22H23N5O/c23-21-20(14-6-8-16(9-7-14)28-15-4-2-1-3-5-15)22(27-13-26-21)25-12-19-17-10-24-11-18(17)19/h1-9,13,17-19,24H,10-12H2,(H3,23,25,26,27)/t17-,18?,19+/m0/s1. The second-order valence-electron chi connectivity index (χ2n) is 7.45. The minimum atomic E-state index is 0.479. The lowest BCUT2D eigenvalue weighted by molar-refractivity contribution is 0.483. The summed E-state index contributed by atoms with van der Waals surface area (Å²) in [4.78, 5) is 8.64. The van der Waals surface area contributed by atoms with Crippen molar-refractivity contribution in [1.29, 1.82) is 0 Å². The molecule has 0 spiro atoms. The van der Waals surface area contributed by atoms with Crippen LogP contribution in [0.3, 0.4) is 0 Å². The van der Waals surface area contributed by atoms with Crippen molar-refractivity contribution in [3.8, 4) is 22.6 Å². The van der Waals surface area contributed by atoms with Gasteiger partial charge in [-0.15, -0.1) is 0 Å². The summed E-state index contributed by atoms with van der Waals surface area (Å²) in [5, 5.41) is 6.94. The summed E-state index contributed by atoms with van der Waals surface area (Å²) in [5.74, 6) is 5.21. The number of piperidine rings is 1. The van der Waals surface area contributed by atoms with Crippen LogP contribution in [0.1, 0.15) is 0 Å². The van der Waals surface area contributed by atoms with Crippen molar-refractivity contribution < 1.29 is 4.74 Å². The average Bonchev–Trinajstić information content (AvgIpc) is 3.15. The van der Waals surface area contributed by atoms with Crippen LogP contribution in [-0.4, -0.2) is 29.6 Å². The van der Waals surface area contributed by atoms with Gasteiger partial charge in [0.15, 0.2) is 0 Å². The van der Waals surface area contributed by atoms with Gasteiger partial charge in [0.05, 0.1) is 5.56 Å². The first kappa shape index (κ1) is 17.0. The minimum absolute atomic E-state index is 0.479. The Hall–Kier alpha value is -3.12. The van der Waals surface area contributed by atoms with Crippen LogP contribution in [0.2, 0.25) is 0 Å². The zero-order valence-corrected chi connectivity index (χ0v) is 15.5. The largest absolute Gasteiger partial charge is 0.457 e. The Labute approximate surface area is 164 Å². The molecular formula is C22H23N5O. The van der Waals surface area contributed by atoms with Crippen molar-refractivity contribution in [3.63, 3.8) is 0 Å². The lowest BCUT2D eigenvalue weighted by Crippen LogP contribution is -2.19. The summed E-state index contributed by atoms with van der Waals surface area (Å²) in [6.07, 6.45) is 1.52. The molecule has 6 heteroatoms. The van der Waals surface area contributed by atoms with Crippen LogP contribution >= 0.6 is 0 Å². The molecule has 1 aromatic heterocycles. The Balaban J connectivity index is 1.33. The second-order valence-corrected chi connectivity index (χ2v) is 7.45. The molecule has 1 unspecified atom stereocenters. The third-order valence-corrected chi connectivity index (χ3v) is 5.77. The molecule has 1 aliphatic carbocycles. The molecule has 3 aromatic rings. The summed E-state index contributed by atoms with van der Waals surface area (Å²) >= 11 is 0. The Morgan fingerprint density at radius 1 is 0.964 bits per heavy atom. The van der Waals surface area contributed by atoms with Gasteiger partial charge in [0.25, 0.3) is 0 Å². The fourth-order valence-electron chi connectivity index (χ4n) is 4.20. The van der Waals surface area contributed by atoms with Crippen LogP contribution in [0, 0.1) is 17.8 Å². The summed E-state index contributed by atoms with van der Waals surface area (Å²) in [6.45, 7) is 3.20. The van der Waals surface area contributed by atoms with Crippen LogP contribution in [0.4, 0.5) is 11.6 Å². The van der Waals surface area contributed by atoms with Crippen molar-refractivity contribution in [2.45, 2.75) is 0 Å². The van der Waals surface area contributed by atoms with E-state index < -0.39 is 0 Å². The molecule has 4 N–H and O–H groups in total. The SMILES string of the molecule is Nc1ncnc(NC[C@H]2C3CNC[C@@H]32)c1-c1ccc(Oc2ccccc2)cc1. The Bertz CT molecular complexity index is 950. The molecule has 2 aliphatic rings. The highest BCUT2D eigenvalue weighted by molar-refractivity contribution is 5.83. The van der Waals surface area contributed by atoms with E-state index in [1.54, 1.807) is 0 Å². The fraction of sp³-hybridized carbons (Fsp3) is 0.273. The summed E-state index contributed by atoms with van der Waals surface area (Å²) < 4.78 is 5.88. The predicted molar refractivity (Wildman–Crippen MR) is 110 cm³/mol. The number of nitrogen functional groups attached to an aromatic ring is 1.